The summed E-state index contributed by atoms with van der Waals surface area (Å²) in [7, 11) is 3.17. The van der Waals surface area contributed by atoms with Gasteiger partial charge in [-0.1, -0.05) is 6.07 Å². The topological polar surface area (TPSA) is 71.0 Å². The first-order chi connectivity index (χ1) is 10.7. The van der Waals surface area contributed by atoms with E-state index in [4.69, 9.17) is 9.47 Å². The van der Waals surface area contributed by atoms with Crippen LogP contribution in [0.25, 0.3) is 0 Å². The van der Waals surface area contributed by atoms with Gasteiger partial charge in [-0.05, 0) is 37.0 Å². The summed E-state index contributed by atoms with van der Waals surface area (Å²) >= 11 is 0. The molecule has 0 spiro atoms. The van der Waals surface area contributed by atoms with E-state index < -0.39 is 0 Å². The molecule has 2 N–H and O–H groups in total. The van der Waals surface area contributed by atoms with E-state index >= 15 is 0 Å². The lowest BCUT2D eigenvalue weighted by atomic mass is 10.0. The minimum Gasteiger partial charge on any atom is -0.493 e. The third-order valence-electron chi connectivity index (χ3n) is 3.99. The Morgan fingerprint density at radius 3 is 2.77 bits per heavy atom. The molecule has 2 amide bonds. The van der Waals surface area contributed by atoms with Crippen molar-refractivity contribution in [1.82, 2.24) is 10.2 Å². The van der Waals surface area contributed by atoms with Crippen molar-refractivity contribution in [2.24, 2.45) is 0 Å². The lowest BCUT2D eigenvalue weighted by molar-refractivity contribution is 0.108. The molecule has 1 saturated heterocycles. The van der Waals surface area contributed by atoms with Crippen LogP contribution in [0.2, 0.25) is 0 Å². The Morgan fingerprint density at radius 2 is 2.09 bits per heavy atom. The number of hydrogen-bond donors (Lipinski definition) is 2. The predicted octanol–water partition coefficient (Wildman–Crippen LogP) is 1.76. The van der Waals surface area contributed by atoms with Gasteiger partial charge >= 0.3 is 6.03 Å². The molecule has 0 radical (unpaired) electrons. The van der Waals surface area contributed by atoms with Gasteiger partial charge in [0.05, 0.1) is 26.9 Å². The number of carbonyl (C=O) groups is 1. The summed E-state index contributed by atoms with van der Waals surface area (Å²) in [6, 6.07) is 5.35. The van der Waals surface area contributed by atoms with E-state index in [1.807, 2.05) is 18.2 Å². The number of benzene rings is 1. The number of urea groups is 1. The SMILES string of the molecule is COc1ccc(CNC(=O)N2CCCCC2CO)cc1OC. The van der Waals surface area contributed by atoms with E-state index in [0.717, 1.165) is 24.8 Å². The van der Waals surface area contributed by atoms with Crippen molar-refractivity contribution in [3.05, 3.63) is 23.8 Å². The normalized spacial score (nSPS) is 18.0. The maximum absolute atomic E-state index is 12.3. The molecule has 6 heteroatoms. The number of nitrogens with zero attached hydrogens (tertiary/aromatic N) is 1. The van der Waals surface area contributed by atoms with Crippen molar-refractivity contribution in [2.45, 2.75) is 31.8 Å². The second kappa shape index (κ2) is 7.89. The average molecular weight is 308 g/mol. The number of ether oxygens (including phenoxy) is 2. The molecule has 1 fully saturated rings. The molecule has 22 heavy (non-hydrogen) atoms. The van der Waals surface area contributed by atoms with Crippen LogP contribution in [0.1, 0.15) is 24.8 Å². The molecule has 1 aromatic rings. The van der Waals surface area contributed by atoms with Crippen molar-refractivity contribution in [2.75, 3.05) is 27.4 Å². The zero-order valence-electron chi connectivity index (χ0n) is 13.2. The molecule has 1 aliphatic heterocycles. The molecule has 2 rings (SSSR count). The summed E-state index contributed by atoms with van der Waals surface area (Å²) in [5.74, 6) is 1.30. The second-order valence-electron chi connectivity index (χ2n) is 5.37. The minimum absolute atomic E-state index is 0.0176. The lowest BCUT2D eigenvalue weighted by Crippen LogP contribution is -2.49. The van der Waals surface area contributed by atoms with Gasteiger partial charge in [-0.15, -0.1) is 0 Å². The Hall–Kier alpha value is -1.95. The number of hydrogen-bond acceptors (Lipinski definition) is 4. The molecule has 122 valence electrons. The number of rotatable bonds is 5. The highest BCUT2D eigenvalue weighted by atomic mass is 16.5. The maximum atomic E-state index is 12.3. The Morgan fingerprint density at radius 1 is 1.32 bits per heavy atom. The molecule has 0 aromatic heterocycles. The molecule has 1 unspecified atom stereocenters. The summed E-state index contributed by atoms with van der Waals surface area (Å²) < 4.78 is 10.4. The van der Waals surface area contributed by atoms with E-state index in [2.05, 4.69) is 5.32 Å². The first kappa shape index (κ1) is 16.4. The Labute approximate surface area is 131 Å². The van der Waals surface area contributed by atoms with Crippen molar-refractivity contribution in [1.29, 1.82) is 0 Å². The Kier molecular flexibility index (Phi) is 5.89. The summed E-state index contributed by atoms with van der Waals surface area (Å²) in [6.07, 6.45) is 2.91. The monoisotopic (exact) mass is 308 g/mol. The van der Waals surface area contributed by atoms with Crippen LogP contribution in [0.5, 0.6) is 11.5 Å². The highest BCUT2D eigenvalue weighted by Crippen LogP contribution is 2.27. The Bertz CT molecular complexity index is 507. The van der Waals surface area contributed by atoms with E-state index in [0.29, 0.717) is 24.6 Å². The van der Waals surface area contributed by atoms with Crippen LogP contribution in [0.4, 0.5) is 4.79 Å². The summed E-state index contributed by atoms with van der Waals surface area (Å²) in [6.45, 7) is 1.13. The molecule has 1 aromatic carbocycles. The van der Waals surface area contributed by atoms with E-state index in [9.17, 15) is 9.90 Å². The summed E-state index contributed by atoms with van der Waals surface area (Å²) in [5, 5.41) is 12.3. The van der Waals surface area contributed by atoms with Gasteiger partial charge in [-0.3, -0.25) is 0 Å². The Balaban J connectivity index is 1.95. The van der Waals surface area contributed by atoms with Crippen molar-refractivity contribution in [3.63, 3.8) is 0 Å². The summed E-state index contributed by atoms with van der Waals surface area (Å²) in [4.78, 5) is 14.0. The van der Waals surface area contributed by atoms with Crippen LogP contribution in [0, 0.1) is 0 Å². The number of likely N-dealkylation sites (tertiary alicyclic amines) is 1. The fourth-order valence-electron chi connectivity index (χ4n) is 2.73. The number of aliphatic hydroxyl groups excluding tert-OH is 1. The third-order valence-corrected chi connectivity index (χ3v) is 3.99. The highest BCUT2D eigenvalue weighted by molar-refractivity contribution is 5.74. The van der Waals surface area contributed by atoms with Gasteiger partial charge in [0, 0.05) is 13.1 Å². The molecular weight excluding hydrogens is 284 g/mol. The maximum Gasteiger partial charge on any atom is 0.317 e. The van der Waals surface area contributed by atoms with Gasteiger partial charge in [0.15, 0.2) is 11.5 Å². The van der Waals surface area contributed by atoms with Crippen molar-refractivity contribution >= 4 is 6.03 Å². The van der Waals surface area contributed by atoms with Crippen molar-refractivity contribution in [3.8, 4) is 11.5 Å². The van der Waals surface area contributed by atoms with Crippen LogP contribution in [0.3, 0.4) is 0 Å². The highest BCUT2D eigenvalue weighted by Gasteiger charge is 2.25. The predicted molar refractivity (Wildman–Crippen MR) is 83.2 cm³/mol. The third kappa shape index (κ3) is 3.82. The fraction of sp³-hybridized carbons (Fsp3) is 0.562. The molecule has 0 aliphatic carbocycles. The second-order valence-corrected chi connectivity index (χ2v) is 5.37. The van der Waals surface area contributed by atoms with Crippen LogP contribution in [0.15, 0.2) is 18.2 Å². The number of nitrogens with one attached hydrogen (secondary N) is 1. The number of aliphatic hydroxyl groups is 1. The fourth-order valence-corrected chi connectivity index (χ4v) is 2.73. The molecule has 1 heterocycles. The molecular formula is C16H24N2O4. The van der Waals surface area contributed by atoms with Crippen molar-refractivity contribution < 1.29 is 19.4 Å². The lowest BCUT2D eigenvalue weighted by Gasteiger charge is -2.34. The van der Waals surface area contributed by atoms with Crippen LogP contribution in [-0.2, 0) is 6.54 Å². The standard InChI is InChI=1S/C16H24N2O4/c1-21-14-7-6-12(9-15(14)22-2)10-17-16(20)18-8-4-3-5-13(18)11-19/h6-7,9,13,19H,3-5,8,10-11H2,1-2H3,(H,17,20). The van der Waals surface area contributed by atoms with E-state index in [1.54, 1.807) is 19.1 Å². The first-order valence-electron chi connectivity index (χ1n) is 7.55. The summed E-state index contributed by atoms with van der Waals surface area (Å²) in [5.41, 5.74) is 0.934. The smallest absolute Gasteiger partial charge is 0.317 e. The number of methoxy groups -OCH3 is 2. The number of carbonyl (C=O) groups excluding carboxylic acids is 1. The zero-order chi connectivity index (χ0) is 15.9. The first-order valence-corrected chi connectivity index (χ1v) is 7.55. The van der Waals surface area contributed by atoms with Crippen LogP contribution in [-0.4, -0.2) is 49.5 Å². The van der Waals surface area contributed by atoms with Gasteiger partial charge in [0.25, 0.3) is 0 Å². The van der Waals surface area contributed by atoms with Gasteiger partial charge in [0.2, 0.25) is 0 Å². The molecule has 1 atom stereocenters. The number of amides is 2. The van der Waals surface area contributed by atoms with E-state index in [-0.39, 0.29) is 18.7 Å². The van der Waals surface area contributed by atoms with Gasteiger partial charge in [-0.2, -0.15) is 0 Å². The van der Waals surface area contributed by atoms with Gasteiger partial charge in [0.1, 0.15) is 0 Å². The average Bonchev–Trinajstić information content (AvgIpc) is 2.59. The van der Waals surface area contributed by atoms with Crippen LogP contribution < -0.4 is 14.8 Å². The zero-order valence-corrected chi connectivity index (χ0v) is 13.2. The van der Waals surface area contributed by atoms with E-state index in [1.165, 1.54) is 0 Å². The molecule has 6 nitrogen and oxygen atoms in total. The largest absolute Gasteiger partial charge is 0.493 e. The molecule has 0 bridgehead atoms. The van der Waals surface area contributed by atoms with Gasteiger partial charge < -0.3 is 24.8 Å². The molecule has 0 saturated carbocycles. The van der Waals surface area contributed by atoms with Gasteiger partial charge in [-0.25, -0.2) is 4.79 Å². The number of piperidine rings is 1. The molecule has 1 aliphatic rings. The quantitative estimate of drug-likeness (QED) is 0.869. The minimum atomic E-state index is -0.131. The van der Waals surface area contributed by atoms with Crippen LogP contribution >= 0.6 is 0 Å².